The van der Waals surface area contributed by atoms with Gasteiger partial charge in [-0.1, -0.05) is 34.8 Å². The fourth-order valence-corrected chi connectivity index (χ4v) is 2.32. The molecule has 1 heterocycles. The Morgan fingerprint density at radius 2 is 1.44 bits per heavy atom. The summed E-state index contributed by atoms with van der Waals surface area (Å²) >= 11 is 17.9. The van der Waals surface area contributed by atoms with Crippen molar-refractivity contribution in [2.45, 2.75) is 0 Å². The molecule has 0 fully saturated rings. The SMILES string of the molecule is Nc1ncc(-c2c(Cl)cc(Cl)cc2Cl)cn1. The van der Waals surface area contributed by atoms with Crippen LogP contribution in [0.25, 0.3) is 11.1 Å². The molecule has 82 valence electrons. The molecule has 0 aliphatic carbocycles. The maximum absolute atomic E-state index is 6.05. The van der Waals surface area contributed by atoms with E-state index in [0.717, 1.165) is 0 Å². The van der Waals surface area contributed by atoms with Crippen LogP contribution in [-0.2, 0) is 0 Å². The van der Waals surface area contributed by atoms with Gasteiger partial charge in [-0.15, -0.1) is 0 Å². The lowest BCUT2D eigenvalue weighted by Gasteiger charge is -2.07. The van der Waals surface area contributed by atoms with Gasteiger partial charge in [-0.05, 0) is 12.1 Å². The summed E-state index contributed by atoms with van der Waals surface area (Å²) in [4.78, 5) is 7.75. The third kappa shape index (κ3) is 2.21. The molecule has 0 aliphatic rings. The maximum atomic E-state index is 6.05. The Morgan fingerprint density at radius 1 is 0.938 bits per heavy atom. The van der Waals surface area contributed by atoms with Crippen molar-refractivity contribution in [3.63, 3.8) is 0 Å². The number of halogens is 3. The molecule has 1 aromatic heterocycles. The Bertz CT molecular complexity index is 502. The number of nitrogen functional groups attached to an aromatic ring is 1. The molecule has 0 unspecified atom stereocenters. The minimum atomic E-state index is 0.199. The summed E-state index contributed by atoms with van der Waals surface area (Å²) in [6, 6.07) is 3.22. The Kier molecular flexibility index (Phi) is 3.19. The average Bonchev–Trinajstić information content (AvgIpc) is 2.19. The highest BCUT2D eigenvalue weighted by Gasteiger charge is 2.10. The van der Waals surface area contributed by atoms with Crippen LogP contribution in [0.2, 0.25) is 15.1 Å². The van der Waals surface area contributed by atoms with Gasteiger partial charge in [0.2, 0.25) is 5.95 Å². The summed E-state index contributed by atoms with van der Waals surface area (Å²) in [5, 5.41) is 1.38. The second-order valence-electron chi connectivity index (χ2n) is 3.07. The molecule has 2 N–H and O–H groups in total. The molecular weight excluding hydrogens is 268 g/mol. The zero-order valence-corrected chi connectivity index (χ0v) is 10.2. The van der Waals surface area contributed by atoms with Gasteiger partial charge in [0.05, 0.1) is 10.0 Å². The number of aromatic nitrogens is 2. The van der Waals surface area contributed by atoms with Crippen molar-refractivity contribution in [3.05, 3.63) is 39.6 Å². The molecular formula is C10H6Cl3N3. The van der Waals surface area contributed by atoms with Gasteiger partial charge in [0.25, 0.3) is 0 Å². The van der Waals surface area contributed by atoms with E-state index >= 15 is 0 Å². The number of hydrogen-bond donors (Lipinski definition) is 1. The van der Waals surface area contributed by atoms with Gasteiger partial charge < -0.3 is 5.73 Å². The predicted octanol–water partition coefficient (Wildman–Crippen LogP) is 3.69. The van der Waals surface area contributed by atoms with E-state index in [1.54, 1.807) is 24.5 Å². The number of nitrogens with zero attached hydrogens (tertiary/aromatic N) is 2. The lowest BCUT2D eigenvalue weighted by molar-refractivity contribution is 1.19. The first kappa shape index (κ1) is 11.5. The molecule has 0 aliphatic heterocycles. The number of benzene rings is 1. The fourth-order valence-electron chi connectivity index (χ4n) is 1.29. The Balaban J connectivity index is 2.60. The monoisotopic (exact) mass is 273 g/mol. The molecule has 0 radical (unpaired) electrons. The summed E-state index contributed by atoms with van der Waals surface area (Å²) in [6.07, 6.45) is 3.12. The highest BCUT2D eigenvalue weighted by molar-refractivity contribution is 6.41. The molecule has 0 amide bonds. The quantitative estimate of drug-likeness (QED) is 0.863. The van der Waals surface area contributed by atoms with Crippen molar-refractivity contribution in [3.8, 4) is 11.1 Å². The molecule has 0 spiro atoms. The zero-order chi connectivity index (χ0) is 11.7. The first-order valence-corrected chi connectivity index (χ1v) is 5.44. The van der Waals surface area contributed by atoms with Crippen LogP contribution in [0.4, 0.5) is 5.95 Å². The second kappa shape index (κ2) is 4.45. The highest BCUT2D eigenvalue weighted by Crippen LogP contribution is 2.36. The largest absolute Gasteiger partial charge is 0.368 e. The zero-order valence-electron chi connectivity index (χ0n) is 7.92. The molecule has 2 aromatic rings. The molecule has 3 nitrogen and oxygen atoms in total. The molecule has 0 saturated carbocycles. The van der Waals surface area contributed by atoms with Crippen molar-refractivity contribution in [2.24, 2.45) is 0 Å². The Labute approximate surface area is 107 Å². The maximum Gasteiger partial charge on any atom is 0.219 e. The summed E-state index contributed by atoms with van der Waals surface area (Å²) in [7, 11) is 0. The average molecular weight is 275 g/mol. The van der Waals surface area contributed by atoms with Crippen molar-refractivity contribution < 1.29 is 0 Å². The Morgan fingerprint density at radius 3 is 1.94 bits per heavy atom. The topological polar surface area (TPSA) is 51.8 Å². The summed E-state index contributed by atoms with van der Waals surface area (Å²) in [5.74, 6) is 0.199. The summed E-state index contributed by atoms with van der Waals surface area (Å²) < 4.78 is 0. The van der Waals surface area contributed by atoms with E-state index in [-0.39, 0.29) is 5.95 Å². The second-order valence-corrected chi connectivity index (χ2v) is 4.33. The van der Waals surface area contributed by atoms with Gasteiger partial charge in [-0.3, -0.25) is 0 Å². The third-order valence-corrected chi connectivity index (χ3v) is 2.78. The van der Waals surface area contributed by atoms with Crippen LogP contribution < -0.4 is 5.73 Å². The van der Waals surface area contributed by atoms with Gasteiger partial charge in [0.15, 0.2) is 0 Å². The molecule has 16 heavy (non-hydrogen) atoms. The normalized spacial score (nSPS) is 10.4. The van der Waals surface area contributed by atoms with Crippen molar-refractivity contribution in [2.75, 3.05) is 5.73 Å². The van der Waals surface area contributed by atoms with E-state index < -0.39 is 0 Å². The molecule has 2 rings (SSSR count). The van der Waals surface area contributed by atoms with E-state index in [1.807, 2.05) is 0 Å². The van der Waals surface area contributed by atoms with Gasteiger partial charge in [-0.2, -0.15) is 0 Å². The van der Waals surface area contributed by atoms with Crippen molar-refractivity contribution in [1.29, 1.82) is 0 Å². The van der Waals surface area contributed by atoms with Crippen LogP contribution in [0.3, 0.4) is 0 Å². The lowest BCUT2D eigenvalue weighted by atomic mass is 10.1. The predicted molar refractivity (Wildman–Crippen MR) is 66.9 cm³/mol. The minimum absolute atomic E-state index is 0.199. The van der Waals surface area contributed by atoms with Crippen molar-refractivity contribution >= 4 is 40.8 Å². The van der Waals surface area contributed by atoms with Gasteiger partial charge in [0.1, 0.15) is 0 Å². The standard InChI is InChI=1S/C10H6Cl3N3/c11-6-1-7(12)9(8(13)2-6)5-3-15-10(14)16-4-5/h1-4H,(H2,14,15,16). The van der Waals surface area contributed by atoms with Gasteiger partial charge in [-0.25, -0.2) is 9.97 Å². The third-order valence-electron chi connectivity index (χ3n) is 1.97. The fraction of sp³-hybridized carbons (Fsp3) is 0. The van der Waals surface area contributed by atoms with Crippen LogP contribution in [0.15, 0.2) is 24.5 Å². The summed E-state index contributed by atoms with van der Waals surface area (Å²) in [6.45, 7) is 0. The molecule has 6 heteroatoms. The minimum Gasteiger partial charge on any atom is -0.368 e. The molecule has 1 aromatic carbocycles. The van der Waals surface area contributed by atoms with E-state index in [4.69, 9.17) is 40.5 Å². The molecule has 0 atom stereocenters. The Hall–Kier alpha value is -1.03. The van der Waals surface area contributed by atoms with Crippen LogP contribution in [-0.4, -0.2) is 9.97 Å². The van der Waals surface area contributed by atoms with Crippen LogP contribution in [0.1, 0.15) is 0 Å². The number of anilines is 1. The van der Waals surface area contributed by atoms with Gasteiger partial charge >= 0.3 is 0 Å². The smallest absolute Gasteiger partial charge is 0.219 e. The van der Waals surface area contributed by atoms with Crippen LogP contribution in [0, 0.1) is 0 Å². The van der Waals surface area contributed by atoms with E-state index in [1.165, 1.54) is 0 Å². The van der Waals surface area contributed by atoms with Crippen LogP contribution >= 0.6 is 34.8 Å². The first-order chi connectivity index (χ1) is 7.58. The van der Waals surface area contributed by atoms with E-state index in [0.29, 0.717) is 26.2 Å². The van der Waals surface area contributed by atoms with Gasteiger partial charge in [0, 0.05) is 28.5 Å². The molecule has 0 saturated heterocycles. The lowest BCUT2D eigenvalue weighted by Crippen LogP contribution is -1.94. The molecule has 0 bridgehead atoms. The van der Waals surface area contributed by atoms with E-state index in [2.05, 4.69) is 9.97 Å². The highest BCUT2D eigenvalue weighted by atomic mass is 35.5. The first-order valence-electron chi connectivity index (χ1n) is 4.30. The van der Waals surface area contributed by atoms with Crippen LogP contribution in [0.5, 0.6) is 0 Å². The summed E-state index contributed by atoms with van der Waals surface area (Å²) in [5.41, 5.74) is 6.74. The number of nitrogens with two attached hydrogens (primary N) is 1. The van der Waals surface area contributed by atoms with E-state index in [9.17, 15) is 0 Å². The number of hydrogen-bond acceptors (Lipinski definition) is 3. The van der Waals surface area contributed by atoms with Crippen molar-refractivity contribution in [1.82, 2.24) is 9.97 Å². The number of rotatable bonds is 1.